The molecule has 138 valence electrons. The van der Waals surface area contributed by atoms with Crippen LogP contribution >= 0.6 is 27.5 Å². The number of halogens is 2. The van der Waals surface area contributed by atoms with E-state index < -0.39 is 0 Å². The van der Waals surface area contributed by atoms with E-state index in [0.29, 0.717) is 33.3 Å². The fourth-order valence-corrected chi connectivity index (χ4v) is 3.37. The third-order valence-corrected chi connectivity index (χ3v) is 4.72. The van der Waals surface area contributed by atoms with E-state index in [0.717, 1.165) is 19.4 Å². The van der Waals surface area contributed by atoms with Crippen LogP contribution < -0.4 is 14.8 Å². The Hall–Kier alpha value is -1.76. The van der Waals surface area contributed by atoms with Gasteiger partial charge in [0, 0.05) is 11.6 Å². The van der Waals surface area contributed by atoms with E-state index in [2.05, 4.69) is 21.2 Å². The van der Waals surface area contributed by atoms with Crippen LogP contribution in [0.3, 0.4) is 0 Å². The van der Waals surface area contributed by atoms with E-state index >= 15 is 0 Å². The van der Waals surface area contributed by atoms with Crippen molar-refractivity contribution in [3.8, 4) is 11.5 Å². The second-order valence-corrected chi connectivity index (χ2v) is 7.14. The van der Waals surface area contributed by atoms with Gasteiger partial charge in [-0.2, -0.15) is 0 Å². The largest absolute Gasteiger partial charge is 0.489 e. The number of benzene rings is 2. The number of hydrogen-bond acceptors (Lipinski definition) is 4. The van der Waals surface area contributed by atoms with E-state index in [1.54, 1.807) is 24.3 Å². The Morgan fingerprint density at radius 1 is 1.23 bits per heavy atom. The van der Waals surface area contributed by atoms with Crippen molar-refractivity contribution < 1.29 is 19.0 Å². The molecule has 26 heavy (non-hydrogen) atoms. The number of rotatable bonds is 7. The number of hydrogen-bond donors (Lipinski definition) is 1. The van der Waals surface area contributed by atoms with Gasteiger partial charge in [-0.1, -0.05) is 23.7 Å². The standard InChI is InChI=1S/C19H19BrClNO4/c20-15-10-13(21)7-8-17(15)26-12-19(23)22-16-5-1-2-6-18(16)25-11-14-4-3-9-24-14/h1-2,5-8,10,14H,3-4,9,11-12H2,(H,22,23). The summed E-state index contributed by atoms with van der Waals surface area (Å²) in [6.45, 7) is 1.13. The van der Waals surface area contributed by atoms with Gasteiger partial charge in [-0.3, -0.25) is 4.79 Å². The summed E-state index contributed by atoms with van der Waals surface area (Å²) < 4.78 is 17.6. The van der Waals surface area contributed by atoms with Crippen molar-refractivity contribution >= 4 is 39.1 Å². The highest BCUT2D eigenvalue weighted by atomic mass is 79.9. The van der Waals surface area contributed by atoms with Gasteiger partial charge >= 0.3 is 0 Å². The second-order valence-electron chi connectivity index (χ2n) is 5.85. The molecule has 0 spiro atoms. The first-order valence-electron chi connectivity index (χ1n) is 8.33. The van der Waals surface area contributed by atoms with Crippen molar-refractivity contribution in [3.63, 3.8) is 0 Å². The monoisotopic (exact) mass is 439 g/mol. The van der Waals surface area contributed by atoms with Crippen LogP contribution in [-0.2, 0) is 9.53 Å². The molecule has 1 amide bonds. The molecule has 1 aliphatic rings. The van der Waals surface area contributed by atoms with Crippen LogP contribution in [0.25, 0.3) is 0 Å². The molecule has 1 heterocycles. The van der Waals surface area contributed by atoms with Gasteiger partial charge in [0.25, 0.3) is 5.91 Å². The first-order valence-corrected chi connectivity index (χ1v) is 9.50. The molecule has 2 aromatic rings. The summed E-state index contributed by atoms with van der Waals surface area (Å²) in [7, 11) is 0. The van der Waals surface area contributed by atoms with Gasteiger partial charge in [-0.05, 0) is 59.1 Å². The molecule has 0 saturated carbocycles. The Morgan fingerprint density at radius 3 is 2.85 bits per heavy atom. The quantitative estimate of drug-likeness (QED) is 0.679. The normalized spacial score (nSPS) is 16.3. The maximum absolute atomic E-state index is 12.2. The third kappa shape index (κ3) is 5.37. The zero-order valence-corrected chi connectivity index (χ0v) is 16.4. The van der Waals surface area contributed by atoms with Crippen LogP contribution in [0.5, 0.6) is 11.5 Å². The lowest BCUT2D eigenvalue weighted by Gasteiger charge is -2.15. The molecule has 1 aliphatic heterocycles. The van der Waals surface area contributed by atoms with Crippen LogP contribution in [0.15, 0.2) is 46.9 Å². The molecule has 5 nitrogen and oxygen atoms in total. The molecule has 1 saturated heterocycles. The summed E-state index contributed by atoms with van der Waals surface area (Å²) in [6.07, 6.45) is 2.17. The van der Waals surface area contributed by atoms with Crippen molar-refractivity contribution in [3.05, 3.63) is 52.0 Å². The molecule has 3 rings (SSSR count). The molecular weight excluding hydrogens is 422 g/mol. The van der Waals surface area contributed by atoms with E-state index in [1.807, 2.05) is 18.2 Å². The maximum atomic E-state index is 12.2. The molecule has 1 N–H and O–H groups in total. The minimum absolute atomic E-state index is 0.115. The zero-order valence-electron chi connectivity index (χ0n) is 14.0. The van der Waals surface area contributed by atoms with Gasteiger partial charge in [0.15, 0.2) is 6.61 Å². The number of carbonyl (C=O) groups is 1. The molecule has 0 bridgehead atoms. The van der Waals surface area contributed by atoms with Gasteiger partial charge in [-0.15, -0.1) is 0 Å². The van der Waals surface area contributed by atoms with Gasteiger partial charge in [-0.25, -0.2) is 0 Å². The highest BCUT2D eigenvalue weighted by molar-refractivity contribution is 9.10. The van der Waals surface area contributed by atoms with Gasteiger partial charge in [0.2, 0.25) is 0 Å². The molecule has 0 radical (unpaired) electrons. The van der Waals surface area contributed by atoms with E-state index in [1.165, 1.54) is 0 Å². The van der Waals surface area contributed by atoms with Crippen molar-refractivity contribution in [2.24, 2.45) is 0 Å². The lowest BCUT2D eigenvalue weighted by molar-refractivity contribution is -0.118. The summed E-state index contributed by atoms with van der Waals surface area (Å²) in [5.41, 5.74) is 0.606. The summed E-state index contributed by atoms with van der Waals surface area (Å²) in [5, 5.41) is 3.40. The molecular formula is C19H19BrClNO4. The Labute approximate surface area is 165 Å². The summed E-state index contributed by atoms with van der Waals surface area (Å²) in [4.78, 5) is 12.2. The number of amides is 1. The van der Waals surface area contributed by atoms with Crippen molar-refractivity contribution in [2.45, 2.75) is 18.9 Å². The lowest BCUT2D eigenvalue weighted by Crippen LogP contribution is -2.21. The molecule has 0 aromatic heterocycles. The smallest absolute Gasteiger partial charge is 0.262 e. The first-order chi connectivity index (χ1) is 12.6. The van der Waals surface area contributed by atoms with E-state index in [-0.39, 0.29) is 18.6 Å². The fourth-order valence-electron chi connectivity index (χ4n) is 2.58. The molecule has 0 aliphatic carbocycles. The number of carbonyl (C=O) groups excluding carboxylic acids is 1. The van der Waals surface area contributed by atoms with Gasteiger partial charge in [0.1, 0.15) is 18.1 Å². The molecule has 7 heteroatoms. The van der Waals surface area contributed by atoms with Crippen LogP contribution in [0.1, 0.15) is 12.8 Å². The third-order valence-electron chi connectivity index (χ3n) is 3.86. The minimum atomic E-state index is -0.278. The molecule has 1 fully saturated rings. The summed E-state index contributed by atoms with van der Waals surface area (Å²) >= 11 is 9.25. The Morgan fingerprint density at radius 2 is 2.08 bits per heavy atom. The lowest BCUT2D eigenvalue weighted by atomic mass is 10.2. The van der Waals surface area contributed by atoms with E-state index in [4.69, 9.17) is 25.8 Å². The topological polar surface area (TPSA) is 56.8 Å². The number of para-hydroxylation sites is 2. The van der Waals surface area contributed by atoms with Crippen molar-refractivity contribution in [1.82, 2.24) is 0 Å². The number of nitrogens with one attached hydrogen (secondary N) is 1. The molecule has 2 aromatic carbocycles. The van der Waals surface area contributed by atoms with E-state index in [9.17, 15) is 4.79 Å². The van der Waals surface area contributed by atoms with Gasteiger partial charge < -0.3 is 19.5 Å². The summed E-state index contributed by atoms with van der Waals surface area (Å²) in [5.74, 6) is 0.886. The predicted octanol–water partition coefficient (Wildman–Crippen LogP) is 4.68. The number of ether oxygens (including phenoxy) is 3. The number of anilines is 1. The Kier molecular flexibility index (Phi) is 6.77. The van der Waals surface area contributed by atoms with Crippen LogP contribution in [0.2, 0.25) is 5.02 Å². The maximum Gasteiger partial charge on any atom is 0.262 e. The van der Waals surface area contributed by atoms with Gasteiger partial charge in [0.05, 0.1) is 16.3 Å². The zero-order chi connectivity index (χ0) is 18.4. The van der Waals surface area contributed by atoms with Crippen LogP contribution in [-0.4, -0.2) is 31.8 Å². The average molecular weight is 441 g/mol. The highest BCUT2D eigenvalue weighted by Gasteiger charge is 2.17. The fraction of sp³-hybridized carbons (Fsp3) is 0.316. The highest BCUT2D eigenvalue weighted by Crippen LogP contribution is 2.28. The van der Waals surface area contributed by atoms with Crippen LogP contribution in [0.4, 0.5) is 5.69 Å². The first kappa shape index (κ1) is 19.0. The van der Waals surface area contributed by atoms with Crippen molar-refractivity contribution in [1.29, 1.82) is 0 Å². The van der Waals surface area contributed by atoms with Crippen LogP contribution in [0, 0.1) is 0 Å². The average Bonchev–Trinajstić information content (AvgIpc) is 3.14. The Bertz CT molecular complexity index is 765. The molecule has 1 unspecified atom stereocenters. The minimum Gasteiger partial charge on any atom is -0.489 e. The second kappa shape index (κ2) is 9.26. The summed E-state index contributed by atoms with van der Waals surface area (Å²) in [6, 6.07) is 12.4. The molecule has 1 atom stereocenters. The predicted molar refractivity (Wildman–Crippen MR) is 104 cm³/mol. The SMILES string of the molecule is O=C(COc1ccc(Cl)cc1Br)Nc1ccccc1OCC1CCCO1. The Balaban J connectivity index is 1.55. The van der Waals surface area contributed by atoms with Crippen molar-refractivity contribution in [2.75, 3.05) is 25.1 Å².